The van der Waals surface area contributed by atoms with Gasteiger partial charge in [0.1, 0.15) is 10.5 Å². The van der Waals surface area contributed by atoms with Crippen LogP contribution in [-0.2, 0) is 19.1 Å². The first-order valence-electron chi connectivity index (χ1n) is 4.24. The highest BCUT2D eigenvalue weighted by Crippen LogP contribution is 2.36. The van der Waals surface area contributed by atoms with Gasteiger partial charge in [-0.2, -0.15) is 0 Å². The number of hydrogen-bond acceptors (Lipinski definition) is 7. The molecule has 1 fully saturated rings. The molecule has 1 rings (SSSR count). The second-order valence-electron chi connectivity index (χ2n) is 2.73. The number of rotatable bonds is 2. The molecule has 7 heteroatoms. The Labute approximate surface area is 101 Å². The van der Waals surface area contributed by atoms with E-state index in [9.17, 15) is 9.59 Å². The largest absolute Gasteiger partial charge is 0.468 e. The summed E-state index contributed by atoms with van der Waals surface area (Å²) in [6.07, 6.45) is 0. The summed E-state index contributed by atoms with van der Waals surface area (Å²) in [5.41, 5.74) is 0. The van der Waals surface area contributed by atoms with Gasteiger partial charge in [-0.1, -0.05) is 21.6 Å². The molecule has 0 aromatic rings. The van der Waals surface area contributed by atoms with Crippen LogP contribution in [0.5, 0.6) is 0 Å². The molecule has 1 aliphatic heterocycles. The van der Waals surface area contributed by atoms with Gasteiger partial charge >= 0.3 is 11.9 Å². The van der Waals surface area contributed by atoms with Crippen molar-refractivity contribution in [3.63, 3.8) is 0 Å². The van der Waals surface area contributed by atoms with E-state index >= 15 is 0 Å². The van der Waals surface area contributed by atoms with E-state index in [2.05, 4.69) is 9.47 Å². The first-order chi connectivity index (χ1) is 7.19. The number of carbonyl (C=O) groups excluding carboxylic acids is 2. The molecule has 0 aromatic heterocycles. The van der Waals surface area contributed by atoms with E-state index in [-0.39, 0.29) is 22.4 Å². The van der Waals surface area contributed by atoms with Crippen molar-refractivity contribution < 1.29 is 19.1 Å². The topological polar surface area (TPSA) is 52.6 Å². The van der Waals surface area contributed by atoms with Crippen molar-refractivity contribution in [2.45, 2.75) is 10.5 Å². The number of ether oxygens (including phenoxy) is 2. The fourth-order valence-corrected chi connectivity index (χ4v) is 5.48. The Hall–Kier alpha value is -0.0100. The third-order valence-electron chi connectivity index (χ3n) is 1.78. The van der Waals surface area contributed by atoms with Gasteiger partial charge in [0.15, 0.2) is 0 Å². The average molecular weight is 268 g/mol. The second-order valence-corrected chi connectivity index (χ2v) is 6.69. The predicted molar refractivity (Wildman–Crippen MR) is 64.1 cm³/mol. The van der Waals surface area contributed by atoms with Crippen LogP contribution >= 0.6 is 33.3 Å². The van der Waals surface area contributed by atoms with Crippen LogP contribution in [0, 0.1) is 0 Å². The lowest BCUT2D eigenvalue weighted by molar-refractivity contribution is -0.139. The van der Waals surface area contributed by atoms with Gasteiger partial charge in [-0.15, -0.1) is 11.8 Å². The van der Waals surface area contributed by atoms with E-state index in [4.69, 9.17) is 0 Å². The average Bonchev–Trinajstić information content (AvgIpc) is 2.52. The van der Waals surface area contributed by atoms with Crippen LogP contribution in [0.25, 0.3) is 0 Å². The SMILES string of the molecule is COC(=O)[C@@H]1CSSC[C@H](C(=O)OC)S1. The Morgan fingerprint density at radius 1 is 1.00 bits per heavy atom. The van der Waals surface area contributed by atoms with E-state index in [1.165, 1.54) is 26.0 Å². The normalized spacial score (nSPS) is 26.5. The summed E-state index contributed by atoms with van der Waals surface area (Å²) in [7, 11) is 5.89. The van der Waals surface area contributed by atoms with Crippen molar-refractivity contribution >= 4 is 45.3 Å². The zero-order valence-corrected chi connectivity index (χ0v) is 10.9. The molecule has 0 bridgehead atoms. The molecule has 15 heavy (non-hydrogen) atoms. The summed E-state index contributed by atoms with van der Waals surface area (Å²) >= 11 is 1.33. The smallest absolute Gasteiger partial charge is 0.319 e. The van der Waals surface area contributed by atoms with Crippen LogP contribution < -0.4 is 0 Å². The van der Waals surface area contributed by atoms with Gasteiger partial charge < -0.3 is 9.47 Å². The van der Waals surface area contributed by atoms with E-state index in [1.54, 1.807) is 21.6 Å². The second kappa shape index (κ2) is 6.55. The minimum absolute atomic E-state index is 0.274. The number of esters is 2. The van der Waals surface area contributed by atoms with Crippen LogP contribution in [0.3, 0.4) is 0 Å². The van der Waals surface area contributed by atoms with Gasteiger partial charge in [0.25, 0.3) is 0 Å². The monoisotopic (exact) mass is 268 g/mol. The lowest BCUT2D eigenvalue weighted by Crippen LogP contribution is -2.28. The van der Waals surface area contributed by atoms with Crippen molar-refractivity contribution in [1.29, 1.82) is 0 Å². The fourth-order valence-electron chi connectivity index (χ4n) is 1.01. The third-order valence-corrected chi connectivity index (χ3v) is 6.00. The minimum atomic E-state index is -0.279. The summed E-state index contributed by atoms with van der Waals surface area (Å²) in [5.74, 6) is 0.776. The van der Waals surface area contributed by atoms with Crippen molar-refractivity contribution in [3.8, 4) is 0 Å². The summed E-state index contributed by atoms with van der Waals surface area (Å²) in [5, 5.41) is -0.557. The highest BCUT2D eigenvalue weighted by molar-refractivity contribution is 8.77. The summed E-state index contributed by atoms with van der Waals surface area (Å²) in [4.78, 5) is 22.7. The maximum Gasteiger partial charge on any atom is 0.319 e. The molecule has 0 spiro atoms. The maximum atomic E-state index is 11.4. The standard InChI is InChI=1S/C8H12O4S3/c1-11-7(9)5-3-13-14-4-6(15-5)8(10)12-2/h5-6H,3-4H2,1-2H3/t5-,6+. The summed E-state index contributed by atoms with van der Waals surface area (Å²) < 4.78 is 9.34. The van der Waals surface area contributed by atoms with Gasteiger partial charge in [-0.25, -0.2) is 0 Å². The Morgan fingerprint density at radius 2 is 1.40 bits per heavy atom. The summed E-state index contributed by atoms with van der Waals surface area (Å²) in [6.45, 7) is 0. The highest BCUT2D eigenvalue weighted by Gasteiger charge is 2.32. The van der Waals surface area contributed by atoms with Crippen molar-refractivity contribution in [2.75, 3.05) is 25.7 Å². The van der Waals surface area contributed by atoms with E-state index in [0.717, 1.165) is 0 Å². The number of hydrogen-bond donors (Lipinski definition) is 0. The van der Waals surface area contributed by atoms with E-state index in [0.29, 0.717) is 11.5 Å². The van der Waals surface area contributed by atoms with Crippen LogP contribution in [0.4, 0.5) is 0 Å². The van der Waals surface area contributed by atoms with Gasteiger partial charge in [0.05, 0.1) is 14.2 Å². The molecule has 1 saturated heterocycles. The Kier molecular flexibility index (Phi) is 5.70. The van der Waals surface area contributed by atoms with Crippen molar-refractivity contribution in [1.82, 2.24) is 0 Å². The Bertz CT molecular complexity index is 222. The van der Waals surface area contributed by atoms with Gasteiger partial charge in [0, 0.05) is 11.5 Å². The zero-order valence-electron chi connectivity index (χ0n) is 8.43. The van der Waals surface area contributed by atoms with Crippen LogP contribution in [0.1, 0.15) is 0 Å². The van der Waals surface area contributed by atoms with Gasteiger partial charge in [-0.05, 0) is 0 Å². The molecular weight excluding hydrogens is 256 g/mol. The lowest BCUT2D eigenvalue weighted by atomic mass is 10.5. The van der Waals surface area contributed by atoms with Crippen LogP contribution in [-0.4, -0.2) is 48.2 Å². The highest BCUT2D eigenvalue weighted by atomic mass is 33.1. The van der Waals surface area contributed by atoms with Crippen molar-refractivity contribution in [3.05, 3.63) is 0 Å². The minimum Gasteiger partial charge on any atom is -0.468 e. The molecule has 2 atom stereocenters. The van der Waals surface area contributed by atoms with Gasteiger partial charge in [-0.3, -0.25) is 9.59 Å². The number of carbonyl (C=O) groups is 2. The molecule has 0 radical (unpaired) electrons. The molecule has 0 N–H and O–H groups in total. The first kappa shape index (κ1) is 13.1. The van der Waals surface area contributed by atoms with E-state index < -0.39 is 0 Å². The van der Waals surface area contributed by atoms with Crippen molar-refractivity contribution in [2.24, 2.45) is 0 Å². The molecule has 1 heterocycles. The van der Waals surface area contributed by atoms with Gasteiger partial charge in [0.2, 0.25) is 0 Å². The lowest BCUT2D eigenvalue weighted by Gasteiger charge is -2.14. The summed E-state index contributed by atoms with van der Waals surface area (Å²) in [6, 6.07) is 0. The quantitative estimate of drug-likeness (QED) is 0.551. The Balaban J connectivity index is 2.60. The molecule has 0 aromatic carbocycles. The molecule has 86 valence electrons. The molecular formula is C8H12O4S3. The number of methoxy groups -OCH3 is 2. The number of thioether (sulfide) groups is 1. The maximum absolute atomic E-state index is 11.4. The third kappa shape index (κ3) is 3.81. The molecule has 1 aliphatic rings. The van der Waals surface area contributed by atoms with Crippen LogP contribution in [0.2, 0.25) is 0 Å². The zero-order chi connectivity index (χ0) is 11.3. The molecule has 0 aliphatic carbocycles. The van der Waals surface area contributed by atoms with Crippen LogP contribution in [0.15, 0.2) is 0 Å². The Morgan fingerprint density at radius 3 is 1.73 bits per heavy atom. The molecule has 0 saturated carbocycles. The molecule has 0 amide bonds. The fraction of sp³-hybridized carbons (Fsp3) is 0.750. The predicted octanol–water partition coefficient (Wildman–Crippen LogP) is 1.20. The molecule has 4 nitrogen and oxygen atoms in total. The first-order valence-corrected chi connectivity index (χ1v) is 7.67. The van der Waals surface area contributed by atoms with E-state index in [1.807, 2.05) is 0 Å². The molecule has 0 unspecified atom stereocenters.